The highest BCUT2D eigenvalue weighted by Crippen LogP contribution is 2.23. The molecule has 2 heterocycles. The molecular weight excluding hydrogens is 306 g/mol. The highest BCUT2D eigenvalue weighted by Gasteiger charge is 2.15. The fourth-order valence-corrected chi connectivity index (χ4v) is 3.61. The predicted molar refractivity (Wildman–Crippen MR) is 81.1 cm³/mol. The van der Waals surface area contributed by atoms with Crippen LogP contribution < -0.4 is 0 Å². The molecule has 1 aromatic heterocycles. The average Bonchev–Trinajstić information content (AvgIpc) is 2.89. The summed E-state index contributed by atoms with van der Waals surface area (Å²) in [6.07, 6.45) is 2.36. The lowest BCUT2D eigenvalue weighted by Crippen LogP contribution is -2.32. The van der Waals surface area contributed by atoms with Crippen LogP contribution in [0.15, 0.2) is 39.5 Å². The maximum atomic E-state index is 3.56. The molecule has 1 aromatic carbocycles. The SMILES string of the molecule is Brc1ccc2c(c1)CN(CCc1ccsc1)CC2. The van der Waals surface area contributed by atoms with Crippen molar-refractivity contribution in [3.8, 4) is 0 Å². The van der Waals surface area contributed by atoms with E-state index < -0.39 is 0 Å². The van der Waals surface area contributed by atoms with E-state index in [1.165, 1.54) is 47.1 Å². The minimum absolute atomic E-state index is 1.10. The quantitative estimate of drug-likeness (QED) is 0.822. The monoisotopic (exact) mass is 321 g/mol. The molecule has 0 saturated heterocycles. The minimum atomic E-state index is 1.10. The number of halogens is 1. The van der Waals surface area contributed by atoms with Gasteiger partial charge in [-0.05, 0) is 58.5 Å². The van der Waals surface area contributed by atoms with Crippen LogP contribution in [0.1, 0.15) is 16.7 Å². The third-order valence-corrected chi connectivity index (χ3v) is 4.78. The topological polar surface area (TPSA) is 3.24 Å². The summed E-state index contributed by atoms with van der Waals surface area (Å²) in [6.45, 7) is 3.46. The Hall–Kier alpha value is -0.640. The second-order valence-corrected chi connectivity index (χ2v) is 6.52. The van der Waals surface area contributed by atoms with Gasteiger partial charge in [0.25, 0.3) is 0 Å². The first kappa shape index (κ1) is 12.4. The van der Waals surface area contributed by atoms with E-state index in [4.69, 9.17) is 0 Å². The maximum absolute atomic E-state index is 3.56. The van der Waals surface area contributed by atoms with Crippen molar-refractivity contribution in [1.29, 1.82) is 0 Å². The van der Waals surface area contributed by atoms with Gasteiger partial charge in [-0.3, -0.25) is 4.90 Å². The van der Waals surface area contributed by atoms with Gasteiger partial charge in [-0.15, -0.1) is 0 Å². The van der Waals surface area contributed by atoms with Gasteiger partial charge in [-0.25, -0.2) is 0 Å². The van der Waals surface area contributed by atoms with E-state index >= 15 is 0 Å². The van der Waals surface area contributed by atoms with Gasteiger partial charge < -0.3 is 0 Å². The lowest BCUT2D eigenvalue weighted by atomic mass is 10.00. The highest BCUT2D eigenvalue weighted by molar-refractivity contribution is 9.10. The summed E-state index contributed by atoms with van der Waals surface area (Å²) < 4.78 is 1.20. The smallest absolute Gasteiger partial charge is 0.0237 e. The Balaban J connectivity index is 1.63. The van der Waals surface area contributed by atoms with Crippen LogP contribution in [0.25, 0.3) is 0 Å². The van der Waals surface area contributed by atoms with Crippen LogP contribution in [0.5, 0.6) is 0 Å². The summed E-state index contributed by atoms with van der Waals surface area (Å²) in [6, 6.07) is 8.92. The second kappa shape index (κ2) is 5.55. The molecule has 1 aliphatic heterocycles. The molecule has 0 atom stereocenters. The Kier molecular flexibility index (Phi) is 3.83. The molecule has 0 bridgehead atoms. The van der Waals surface area contributed by atoms with Crippen molar-refractivity contribution in [2.24, 2.45) is 0 Å². The summed E-state index contributed by atoms with van der Waals surface area (Å²) in [5.74, 6) is 0. The molecule has 0 radical (unpaired) electrons. The molecule has 0 unspecified atom stereocenters. The normalized spacial score (nSPS) is 15.6. The molecule has 3 heteroatoms. The van der Waals surface area contributed by atoms with Crippen LogP contribution in [-0.2, 0) is 19.4 Å². The molecule has 18 heavy (non-hydrogen) atoms. The second-order valence-electron chi connectivity index (χ2n) is 4.82. The molecule has 1 aliphatic rings. The van der Waals surface area contributed by atoms with Crippen LogP contribution in [0.4, 0.5) is 0 Å². The van der Waals surface area contributed by atoms with Gasteiger partial charge in [0.05, 0.1) is 0 Å². The van der Waals surface area contributed by atoms with Gasteiger partial charge in [-0.2, -0.15) is 11.3 Å². The summed E-state index contributed by atoms with van der Waals surface area (Å²) in [5.41, 5.74) is 4.48. The van der Waals surface area contributed by atoms with E-state index in [0.717, 1.165) is 6.54 Å². The zero-order valence-electron chi connectivity index (χ0n) is 10.2. The van der Waals surface area contributed by atoms with Gasteiger partial charge in [0.15, 0.2) is 0 Å². The molecule has 0 spiro atoms. The zero-order chi connectivity index (χ0) is 12.4. The summed E-state index contributed by atoms with van der Waals surface area (Å²) in [7, 11) is 0. The van der Waals surface area contributed by atoms with Crippen LogP contribution in [-0.4, -0.2) is 18.0 Å². The number of hydrogen-bond donors (Lipinski definition) is 0. The summed E-state index contributed by atoms with van der Waals surface area (Å²) >= 11 is 5.36. The zero-order valence-corrected chi connectivity index (χ0v) is 12.6. The fourth-order valence-electron chi connectivity index (χ4n) is 2.50. The maximum Gasteiger partial charge on any atom is 0.0237 e. The predicted octanol–water partition coefficient (Wildman–Crippen LogP) is 4.11. The van der Waals surface area contributed by atoms with E-state index in [-0.39, 0.29) is 0 Å². The van der Waals surface area contributed by atoms with Gasteiger partial charge in [-0.1, -0.05) is 22.0 Å². The van der Waals surface area contributed by atoms with Gasteiger partial charge in [0.1, 0.15) is 0 Å². The lowest BCUT2D eigenvalue weighted by molar-refractivity contribution is 0.257. The van der Waals surface area contributed by atoms with Crippen LogP contribution in [0.3, 0.4) is 0 Å². The lowest BCUT2D eigenvalue weighted by Gasteiger charge is -2.28. The van der Waals surface area contributed by atoms with Crippen molar-refractivity contribution in [2.45, 2.75) is 19.4 Å². The Morgan fingerprint density at radius 2 is 2.17 bits per heavy atom. The summed E-state index contributed by atoms with van der Waals surface area (Å²) in [4.78, 5) is 2.56. The van der Waals surface area contributed by atoms with Crippen molar-refractivity contribution < 1.29 is 0 Å². The van der Waals surface area contributed by atoms with Crippen LogP contribution in [0, 0.1) is 0 Å². The van der Waals surface area contributed by atoms with E-state index in [0.29, 0.717) is 0 Å². The van der Waals surface area contributed by atoms with E-state index in [9.17, 15) is 0 Å². The molecular formula is C15H16BrNS. The Bertz CT molecular complexity index is 521. The van der Waals surface area contributed by atoms with Gasteiger partial charge >= 0.3 is 0 Å². The molecule has 1 nitrogen and oxygen atoms in total. The van der Waals surface area contributed by atoms with Crippen molar-refractivity contribution >= 4 is 27.3 Å². The van der Waals surface area contributed by atoms with E-state index in [1.807, 2.05) is 0 Å². The molecule has 0 N–H and O–H groups in total. The first-order chi connectivity index (χ1) is 8.81. The van der Waals surface area contributed by atoms with E-state index in [2.05, 4.69) is 55.9 Å². The molecule has 0 aliphatic carbocycles. The third-order valence-electron chi connectivity index (χ3n) is 3.56. The van der Waals surface area contributed by atoms with Crippen molar-refractivity contribution in [2.75, 3.05) is 13.1 Å². The highest BCUT2D eigenvalue weighted by atomic mass is 79.9. The largest absolute Gasteiger partial charge is 0.298 e. The van der Waals surface area contributed by atoms with Crippen molar-refractivity contribution in [3.63, 3.8) is 0 Å². The first-order valence-corrected chi connectivity index (χ1v) is 8.05. The summed E-state index contributed by atoms with van der Waals surface area (Å²) in [5, 5.41) is 4.42. The standard InChI is InChI=1S/C15H16BrNS/c16-15-2-1-13-4-7-17(10-14(13)9-15)6-3-12-5-8-18-11-12/h1-2,5,8-9,11H,3-4,6-7,10H2. The number of thiophene rings is 1. The van der Waals surface area contributed by atoms with Gasteiger partial charge in [0.2, 0.25) is 0 Å². The van der Waals surface area contributed by atoms with Crippen molar-refractivity contribution in [3.05, 3.63) is 56.2 Å². The molecule has 2 aromatic rings. The van der Waals surface area contributed by atoms with Crippen molar-refractivity contribution in [1.82, 2.24) is 4.90 Å². The number of benzene rings is 1. The van der Waals surface area contributed by atoms with Crippen LogP contribution in [0.2, 0.25) is 0 Å². The number of nitrogens with zero attached hydrogens (tertiary/aromatic N) is 1. The van der Waals surface area contributed by atoms with Gasteiger partial charge in [0, 0.05) is 24.1 Å². The first-order valence-electron chi connectivity index (χ1n) is 6.32. The molecule has 94 valence electrons. The van der Waals surface area contributed by atoms with E-state index in [1.54, 1.807) is 11.3 Å². The fraction of sp³-hybridized carbons (Fsp3) is 0.333. The third kappa shape index (κ3) is 2.85. The molecule has 3 rings (SSSR count). The molecule has 0 amide bonds. The molecule has 0 saturated carbocycles. The molecule has 0 fully saturated rings. The minimum Gasteiger partial charge on any atom is -0.298 e. The number of hydrogen-bond acceptors (Lipinski definition) is 2. The average molecular weight is 322 g/mol. The Morgan fingerprint density at radius 3 is 3.00 bits per heavy atom. The Morgan fingerprint density at radius 1 is 1.22 bits per heavy atom. The number of fused-ring (bicyclic) bond motifs is 1. The number of rotatable bonds is 3. The Labute approximate surface area is 121 Å². The van der Waals surface area contributed by atoms with Crippen LogP contribution >= 0.6 is 27.3 Å².